The molecule has 1 atom stereocenters. The van der Waals surface area contributed by atoms with Crippen molar-refractivity contribution in [1.29, 1.82) is 0 Å². The van der Waals surface area contributed by atoms with Crippen molar-refractivity contribution in [2.45, 2.75) is 39.3 Å². The van der Waals surface area contributed by atoms with Gasteiger partial charge in [-0.1, -0.05) is 50.2 Å². The van der Waals surface area contributed by atoms with Crippen LogP contribution in [0.2, 0.25) is 0 Å². The summed E-state index contributed by atoms with van der Waals surface area (Å²) in [4.78, 5) is 18.8. The number of guanidine groups is 1. The summed E-state index contributed by atoms with van der Waals surface area (Å²) in [7, 11) is 1.64. The van der Waals surface area contributed by atoms with Gasteiger partial charge >= 0.3 is 0 Å². The molecule has 9 nitrogen and oxygen atoms in total. The third-order valence-electron chi connectivity index (χ3n) is 8.90. The van der Waals surface area contributed by atoms with Gasteiger partial charge in [0.15, 0.2) is 0 Å². The first-order chi connectivity index (χ1) is 21.6. The average molecular weight is 596 g/mol. The molecular formula is C35H45N7O2. The number of para-hydroxylation sites is 4. The number of likely N-dealkylation sites (N-methyl/N-ethyl adjacent to an activating group) is 1. The van der Waals surface area contributed by atoms with Crippen molar-refractivity contribution in [3.8, 4) is 5.75 Å². The second-order valence-electron chi connectivity index (χ2n) is 11.5. The van der Waals surface area contributed by atoms with Gasteiger partial charge in [0.1, 0.15) is 5.75 Å². The highest BCUT2D eigenvalue weighted by Gasteiger charge is 2.34. The Morgan fingerprint density at radius 1 is 0.886 bits per heavy atom. The second-order valence-corrected chi connectivity index (χ2v) is 11.5. The number of rotatable bonds is 9. The highest BCUT2D eigenvalue weighted by molar-refractivity contribution is 6.16. The van der Waals surface area contributed by atoms with Gasteiger partial charge in [-0.3, -0.25) is 4.99 Å². The van der Waals surface area contributed by atoms with E-state index in [0.717, 1.165) is 93.2 Å². The van der Waals surface area contributed by atoms with Crippen molar-refractivity contribution in [3.05, 3.63) is 78.4 Å². The van der Waals surface area contributed by atoms with Gasteiger partial charge in [0.2, 0.25) is 11.9 Å². The molecule has 3 aliphatic heterocycles. The Balaban J connectivity index is 0.000000159. The van der Waals surface area contributed by atoms with E-state index in [0.29, 0.717) is 6.54 Å². The van der Waals surface area contributed by atoms with Crippen molar-refractivity contribution in [2.75, 3.05) is 74.2 Å². The van der Waals surface area contributed by atoms with Crippen LogP contribution < -0.4 is 19.4 Å². The summed E-state index contributed by atoms with van der Waals surface area (Å²) in [5, 5.41) is 10.7. The minimum atomic E-state index is -0.589. The Hall–Kier alpha value is -4.08. The molecule has 232 valence electrons. The van der Waals surface area contributed by atoms with Gasteiger partial charge in [0.25, 0.3) is 0 Å². The van der Waals surface area contributed by atoms with Crippen LogP contribution in [-0.4, -0.2) is 85.0 Å². The summed E-state index contributed by atoms with van der Waals surface area (Å²) in [5.74, 6) is 2.90. The highest BCUT2D eigenvalue weighted by Crippen LogP contribution is 2.39. The topological polar surface area (TPSA) is 72.6 Å². The normalized spacial score (nSPS) is 16.2. The number of β-amino-alcohol motifs (C(OH)–C–C–N with tert-alkyl or cyclic N) is 1. The first-order valence-corrected chi connectivity index (χ1v) is 16.0. The fourth-order valence-electron chi connectivity index (χ4n) is 6.42. The van der Waals surface area contributed by atoms with Crippen LogP contribution in [0.5, 0.6) is 5.75 Å². The third-order valence-corrected chi connectivity index (χ3v) is 8.90. The van der Waals surface area contributed by atoms with Crippen LogP contribution in [0.4, 0.5) is 17.3 Å². The minimum absolute atomic E-state index is 0.485. The largest absolute Gasteiger partial charge is 0.497 e. The van der Waals surface area contributed by atoms with Gasteiger partial charge in [-0.2, -0.15) is 0 Å². The van der Waals surface area contributed by atoms with Gasteiger partial charge in [0.05, 0.1) is 42.2 Å². The lowest BCUT2D eigenvalue weighted by Crippen LogP contribution is -2.43. The van der Waals surface area contributed by atoms with Gasteiger partial charge in [-0.25, -0.2) is 4.98 Å². The zero-order valence-electron chi connectivity index (χ0n) is 26.3. The summed E-state index contributed by atoms with van der Waals surface area (Å²) < 4.78 is 7.56. The number of hydrogen-bond acceptors (Lipinski definition) is 8. The van der Waals surface area contributed by atoms with Gasteiger partial charge in [0, 0.05) is 39.3 Å². The highest BCUT2D eigenvalue weighted by atomic mass is 16.5. The molecule has 3 aliphatic rings. The molecule has 0 saturated carbocycles. The van der Waals surface area contributed by atoms with Crippen molar-refractivity contribution < 1.29 is 9.84 Å². The molecule has 3 aromatic carbocycles. The number of aliphatic hydroxyl groups is 1. The van der Waals surface area contributed by atoms with E-state index in [4.69, 9.17) is 14.7 Å². The number of imidazole rings is 1. The van der Waals surface area contributed by atoms with Crippen LogP contribution in [0, 0.1) is 0 Å². The number of hydrogen-bond donors (Lipinski definition) is 1. The number of fused-ring (bicyclic) bond motifs is 6. The number of methoxy groups -OCH3 is 1. The molecule has 1 N–H and O–H groups in total. The van der Waals surface area contributed by atoms with Crippen LogP contribution in [0.25, 0.3) is 11.0 Å². The fourth-order valence-corrected chi connectivity index (χ4v) is 6.42. The number of anilines is 3. The van der Waals surface area contributed by atoms with Crippen molar-refractivity contribution in [1.82, 2.24) is 14.5 Å². The maximum absolute atomic E-state index is 10.7. The number of benzene rings is 3. The molecule has 4 aromatic rings. The molecule has 0 radical (unpaired) electrons. The molecule has 0 fully saturated rings. The van der Waals surface area contributed by atoms with Gasteiger partial charge < -0.3 is 34.0 Å². The predicted octanol–water partition coefficient (Wildman–Crippen LogP) is 5.40. The Morgan fingerprint density at radius 3 is 2.41 bits per heavy atom. The minimum Gasteiger partial charge on any atom is -0.497 e. The fraction of sp³-hybridized carbons (Fsp3) is 0.429. The van der Waals surface area contributed by atoms with E-state index in [9.17, 15) is 5.11 Å². The molecule has 7 rings (SSSR count). The number of aliphatic hydroxyl groups excluding tert-OH is 1. The standard InChI is InChI=1S/C19H21N3O2.C16H24N4/c1-24-15-9-7-14(8-10-15)18(23)13-22-17-6-3-2-5-16(17)21-12-4-11-20-19(21)22;1-3-18(4-2)12-13-19-10-7-11-20-15-9-6-5-8-14(15)17-16(19)20/h2-3,5-10,18,23H,4,11-13H2,1H3;5-6,8-9H,3-4,7,10-13H2,1-2H3. The summed E-state index contributed by atoms with van der Waals surface area (Å²) in [6.07, 6.45) is 1.69. The zero-order chi connectivity index (χ0) is 30.5. The number of aryl methyl sites for hydroxylation is 1. The predicted molar refractivity (Wildman–Crippen MR) is 180 cm³/mol. The maximum Gasteiger partial charge on any atom is 0.206 e. The van der Waals surface area contributed by atoms with E-state index in [-0.39, 0.29) is 0 Å². The van der Waals surface area contributed by atoms with Crippen LogP contribution in [0.3, 0.4) is 0 Å². The lowest BCUT2D eigenvalue weighted by atomic mass is 10.1. The van der Waals surface area contributed by atoms with E-state index in [2.05, 4.69) is 80.5 Å². The maximum atomic E-state index is 10.7. The first kappa shape index (κ1) is 30.0. The Kier molecular flexibility index (Phi) is 9.33. The SMILES string of the molecule is CCN(CC)CCN1CCCn2c1nc1ccccc12.COc1ccc(C(O)CN2C3=NCCCN3c3ccccc32)cc1. The molecule has 0 saturated heterocycles. The van der Waals surface area contributed by atoms with E-state index in [1.165, 1.54) is 17.6 Å². The monoisotopic (exact) mass is 595 g/mol. The third kappa shape index (κ3) is 6.12. The van der Waals surface area contributed by atoms with Crippen LogP contribution in [-0.2, 0) is 6.54 Å². The zero-order valence-corrected chi connectivity index (χ0v) is 26.3. The lowest BCUT2D eigenvalue weighted by Gasteiger charge is -2.31. The summed E-state index contributed by atoms with van der Waals surface area (Å²) in [5.41, 5.74) is 5.57. The molecule has 0 aliphatic carbocycles. The summed E-state index contributed by atoms with van der Waals surface area (Å²) in [6, 6.07) is 24.3. The molecule has 0 amide bonds. The van der Waals surface area contributed by atoms with Crippen molar-refractivity contribution in [3.63, 3.8) is 0 Å². The number of ether oxygens (including phenoxy) is 1. The van der Waals surface area contributed by atoms with Crippen molar-refractivity contribution >= 4 is 34.3 Å². The Bertz CT molecular complexity index is 1560. The van der Waals surface area contributed by atoms with Gasteiger partial charge in [-0.05, 0) is 67.9 Å². The van der Waals surface area contributed by atoms with E-state index in [1.807, 2.05) is 30.3 Å². The van der Waals surface area contributed by atoms with Gasteiger partial charge in [-0.15, -0.1) is 0 Å². The Morgan fingerprint density at radius 2 is 1.64 bits per heavy atom. The van der Waals surface area contributed by atoms with Crippen molar-refractivity contribution in [2.24, 2.45) is 4.99 Å². The summed E-state index contributed by atoms with van der Waals surface area (Å²) in [6.45, 7) is 13.4. The molecule has 4 heterocycles. The Labute approximate surface area is 261 Å². The van der Waals surface area contributed by atoms with E-state index < -0.39 is 6.10 Å². The van der Waals surface area contributed by atoms with E-state index >= 15 is 0 Å². The molecule has 9 heteroatoms. The number of aliphatic imine (C=N–C) groups is 1. The molecule has 1 aromatic heterocycles. The van der Waals surface area contributed by atoms with E-state index in [1.54, 1.807) is 7.11 Å². The lowest BCUT2D eigenvalue weighted by molar-refractivity contribution is 0.187. The molecule has 1 unspecified atom stereocenters. The molecule has 44 heavy (non-hydrogen) atoms. The van der Waals surface area contributed by atoms with Crippen LogP contribution >= 0.6 is 0 Å². The average Bonchev–Trinajstić information content (AvgIpc) is 3.62. The first-order valence-electron chi connectivity index (χ1n) is 16.0. The quantitative estimate of drug-likeness (QED) is 0.278. The smallest absolute Gasteiger partial charge is 0.206 e. The van der Waals surface area contributed by atoms with Crippen LogP contribution in [0.15, 0.2) is 77.8 Å². The number of aromatic nitrogens is 2. The second kappa shape index (κ2) is 13.7. The molecule has 0 spiro atoms. The molecule has 0 bridgehead atoms. The number of nitrogens with zero attached hydrogens (tertiary/aromatic N) is 7. The van der Waals surface area contributed by atoms with Crippen LogP contribution in [0.1, 0.15) is 38.4 Å². The molecular weight excluding hydrogens is 550 g/mol. The summed E-state index contributed by atoms with van der Waals surface area (Å²) >= 11 is 0.